The van der Waals surface area contributed by atoms with Gasteiger partial charge in [-0.2, -0.15) is 5.10 Å². The lowest BCUT2D eigenvalue weighted by Crippen LogP contribution is -2.62. The fraction of sp³-hybridized carbons (Fsp3) is 0.500. The molecular weight excluding hydrogens is 396 g/mol. The number of thioether (sulfide) groups is 1. The van der Waals surface area contributed by atoms with Gasteiger partial charge in [-0.1, -0.05) is 6.07 Å². The number of ether oxygens (including phenoxy) is 1. The van der Waals surface area contributed by atoms with Gasteiger partial charge in [0.25, 0.3) is 0 Å². The van der Waals surface area contributed by atoms with Crippen molar-refractivity contribution in [3.8, 4) is 17.0 Å². The third kappa shape index (κ3) is 5.05. The molecule has 7 nitrogen and oxygen atoms in total. The second-order valence-corrected chi connectivity index (χ2v) is 10.2. The van der Waals surface area contributed by atoms with E-state index < -0.39 is 0 Å². The van der Waals surface area contributed by atoms with Crippen LogP contribution >= 0.6 is 11.8 Å². The number of amidine groups is 1. The molecule has 1 aromatic carbocycles. The number of nitrogens with zero attached hydrogens (tertiary/aromatic N) is 2. The minimum Gasteiger partial charge on any atom is -0.496 e. The van der Waals surface area contributed by atoms with Gasteiger partial charge < -0.3 is 15.0 Å². The molecule has 0 spiro atoms. The summed E-state index contributed by atoms with van der Waals surface area (Å²) in [5.74, 6) is 0.610. The van der Waals surface area contributed by atoms with Gasteiger partial charge in [-0.05, 0) is 70.5 Å². The molecule has 0 radical (unpaired) electrons. The summed E-state index contributed by atoms with van der Waals surface area (Å²) in [4.78, 5) is 2.01. The van der Waals surface area contributed by atoms with Gasteiger partial charge >= 0.3 is 0 Å². The maximum Gasteiger partial charge on any atom is 0.162 e. The van der Waals surface area contributed by atoms with Gasteiger partial charge in [0.15, 0.2) is 5.17 Å². The molecule has 0 amide bonds. The molecule has 4 N–H and O–H groups in total. The average molecular weight is 429 g/mol. The van der Waals surface area contributed by atoms with Gasteiger partial charge in [-0.15, -0.1) is 0 Å². The molecule has 0 saturated carbocycles. The van der Waals surface area contributed by atoms with E-state index in [0.717, 1.165) is 35.9 Å². The molecule has 1 aliphatic heterocycles. The highest BCUT2D eigenvalue weighted by atomic mass is 32.2. The van der Waals surface area contributed by atoms with Crippen molar-refractivity contribution < 1.29 is 4.74 Å². The highest BCUT2D eigenvalue weighted by Crippen LogP contribution is 2.33. The molecule has 0 unspecified atom stereocenters. The minimum absolute atomic E-state index is 0.00482. The number of methoxy groups -OCH3 is 1. The summed E-state index contributed by atoms with van der Waals surface area (Å²) in [6, 6.07) is 7.83. The Balaban J connectivity index is 1.73. The lowest BCUT2D eigenvalue weighted by molar-refractivity contribution is 0.114. The Labute approximate surface area is 183 Å². The van der Waals surface area contributed by atoms with Crippen LogP contribution in [-0.2, 0) is 0 Å². The molecule has 2 heterocycles. The van der Waals surface area contributed by atoms with Crippen molar-refractivity contribution in [1.82, 2.24) is 20.4 Å². The van der Waals surface area contributed by atoms with Gasteiger partial charge in [0, 0.05) is 41.5 Å². The first kappa shape index (κ1) is 22.4. The highest BCUT2D eigenvalue weighted by Gasteiger charge is 2.39. The van der Waals surface area contributed by atoms with Crippen LogP contribution in [0.15, 0.2) is 30.5 Å². The summed E-state index contributed by atoms with van der Waals surface area (Å²) in [6.45, 7) is 8.83. The maximum absolute atomic E-state index is 8.63. The van der Waals surface area contributed by atoms with Crippen LogP contribution < -0.4 is 10.1 Å². The number of H-pyrrole nitrogens is 1. The number of benzene rings is 1. The molecule has 2 aromatic rings. The van der Waals surface area contributed by atoms with Gasteiger partial charge in [-0.25, -0.2) is 0 Å². The summed E-state index contributed by atoms with van der Waals surface area (Å²) < 4.78 is 5.54. The van der Waals surface area contributed by atoms with Crippen LogP contribution in [0.3, 0.4) is 0 Å². The van der Waals surface area contributed by atoms with Crippen LogP contribution in [0.2, 0.25) is 0 Å². The number of aromatic amines is 1. The number of aromatic nitrogens is 2. The largest absolute Gasteiger partial charge is 0.496 e. The SMILES string of the molecule is COc1cc(-c2ccn[nH]2)ccc1C(=N)SC(=N)N(C)C1CC(C)(C)NC(C)(C)C1. The van der Waals surface area contributed by atoms with Gasteiger partial charge in [0.2, 0.25) is 0 Å². The van der Waals surface area contributed by atoms with E-state index in [1.165, 1.54) is 0 Å². The Bertz CT molecular complexity index is 906. The van der Waals surface area contributed by atoms with Crippen LogP contribution in [0.5, 0.6) is 5.75 Å². The number of piperidine rings is 1. The van der Waals surface area contributed by atoms with Crippen molar-refractivity contribution in [2.75, 3.05) is 14.2 Å². The summed E-state index contributed by atoms with van der Waals surface area (Å²) in [7, 11) is 3.56. The average Bonchev–Trinajstić information content (AvgIpc) is 3.19. The Morgan fingerprint density at radius 3 is 2.40 bits per heavy atom. The second-order valence-electron chi connectivity index (χ2n) is 9.19. The van der Waals surface area contributed by atoms with Crippen LogP contribution in [-0.4, -0.2) is 56.6 Å². The van der Waals surface area contributed by atoms with Crippen LogP contribution in [0, 0.1) is 10.8 Å². The fourth-order valence-corrected chi connectivity index (χ4v) is 5.16. The zero-order valence-corrected chi connectivity index (χ0v) is 19.4. The molecule has 8 heteroatoms. The third-order valence-corrected chi connectivity index (χ3v) is 6.40. The lowest BCUT2D eigenvalue weighted by Gasteiger charge is -2.49. The molecular formula is C22H32N6OS. The van der Waals surface area contributed by atoms with Crippen molar-refractivity contribution in [2.24, 2.45) is 0 Å². The Hall–Kier alpha value is -2.32. The minimum atomic E-state index is 0.00482. The molecule has 30 heavy (non-hydrogen) atoms. The molecule has 1 aromatic heterocycles. The molecule has 0 atom stereocenters. The molecule has 1 saturated heterocycles. The molecule has 3 rings (SSSR count). The molecule has 0 aliphatic carbocycles. The van der Waals surface area contributed by atoms with Gasteiger partial charge in [0.05, 0.1) is 12.8 Å². The Kier molecular flexibility index (Phi) is 6.29. The van der Waals surface area contributed by atoms with E-state index in [4.69, 9.17) is 15.6 Å². The first-order chi connectivity index (χ1) is 14.0. The van der Waals surface area contributed by atoms with E-state index in [-0.39, 0.29) is 17.1 Å². The van der Waals surface area contributed by atoms with Crippen molar-refractivity contribution in [1.29, 1.82) is 10.8 Å². The van der Waals surface area contributed by atoms with Gasteiger partial charge in [0.1, 0.15) is 10.8 Å². The van der Waals surface area contributed by atoms with Gasteiger partial charge in [-0.3, -0.25) is 15.9 Å². The predicted molar refractivity (Wildman–Crippen MR) is 125 cm³/mol. The van der Waals surface area contributed by atoms with E-state index in [0.29, 0.717) is 21.5 Å². The third-order valence-electron chi connectivity index (χ3n) is 5.49. The van der Waals surface area contributed by atoms with E-state index in [2.05, 4.69) is 43.2 Å². The zero-order chi connectivity index (χ0) is 22.1. The van der Waals surface area contributed by atoms with E-state index in [9.17, 15) is 0 Å². The normalized spacial score (nSPS) is 18.1. The van der Waals surface area contributed by atoms with Crippen LogP contribution in [0.4, 0.5) is 0 Å². The molecule has 1 aliphatic rings. The van der Waals surface area contributed by atoms with Crippen molar-refractivity contribution in [3.05, 3.63) is 36.0 Å². The topological polar surface area (TPSA) is 101 Å². The predicted octanol–water partition coefficient (Wildman–Crippen LogP) is 4.32. The fourth-order valence-electron chi connectivity index (χ4n) is 4.39. The molecule has 0 bridgehead atoms. The number of hydrogen-bond acceptors (Lipinski definition) is 6. The van der Waals surface area contributed by atoms with E-state index in [1.54, 1.807) is 13.3 Å². The van der Waals surface area contributed by atoms with Crippen molar-refractivity contribution in [3.63, 3.8) is 0 Å². The van der Waals surface area contributed by atoms with Crippen LogP contribution in [0.25, 0.3) is 11.3 Å². The van der Waals surface area contributed by atoms with Crippen molar-refractivity contribution >= 4 is 22.0 Å². The number of nitrogens with one attached hydrogen (secondary N) is 4. The quantitative estimate of drug-likeness (QED) is 0.429. The van der Waals surface area contributed by atoms with E-state index >= 15 is 0 Å². The smallest absolute Gasteiger partial charge is 0.162 e. The zero-order valence-electron chi connectivity index (χ0n) is 18.6. The second kappa shape index (κ2) is 8.43. The molecule has 1 fully saturated rings. The first-order valence-electron chi connectivity index (χ1n) is 10.1. The maximum atomic E-state index is 8.63. The first-order valence-corrected chi connectivity index (χ1v) is 10.9. The lowest BCUT2D eigenvalue weighted by atomic mass is 9.79. The van der Waals surface area contributed by atoms with Crippen LogP contribution in [0.1, 0.15) is 46.1 Å². The summed E-state index contributed by atoms with van der Waals surface area (Å²) in [6.07, 6.45) is 3.60. The summed E-state index contributed by atoms with van der Waals surface area (Å²) in [5.41, 5.74) is 2.52. The summed E-state index contributed by atoms with van der Waals surface area (Å²) in [5, 5.41) is 28.5. The van der Waals surface area contributed by atoms with Crippen molar-refractivity contribution in [2.45, 2.75) is 57.7 Å². The number of hydrogen-bond donors (Lipinski definition) is 4. The Morgan fingerprint density at radius 2 is 1.83 bits per heavy atom. The highest BCUT2D eigenvalue weighted by molar-refractivity contribution is 8.26. The van der Waals surface area contributed by atoms with E-state index in [1.807, 2.05) is 36.2 Å². The number of rotatable bonds is 4. The standard InChI is InChI=1S/C22H32N6OS/c1-21(2)12-15(13-22(3,4)27-21)28(5)20(24)30-19(23)16-8-7-14(11-18(16)29-6)17-9-10-25-26-17/h7-11,15,23-24,27H,12-13H2,1-6H3,(H,25,26). The molecule has 162 valence electrons. The Morgan fingerprint density at radius 1 is 1.17 bits per heavy atom. The summed E-state index contributed by atoms with van der Waals surface area (Å²) >= 11 is 1.16. The monoisotopic (exact) mass is 428 g/mol.